The third-order valence-corrected chi connectivity index (χ3v) is 6.63. The van der Waals surface area contributed by atoms with Gasteiger partial charge in [0, 0.05) is 0 Å². The topological polar surface area (TPSA) is 35.4 Å². The van der Waals surface area contributed by atoms with E-state index in [4.69, 9.17) is 20.8 Å². The predicted molar refractivity (Wildman–Crippen MR) is 135 cm³/mol. The number of rotatable bonds is 12. The van der Waals surface area contributed by atoms with Gasteiger partial charge in [-0.3, -0.25) is 0 Å². The van der Waals surface area contributed by atoms with Crippen molar-refractivity contribution in [3.63, 3.8) is 0 Å². The van der Waals surface area contributed by atoms with Crippen LogP contribution >= 0.6 is 0 Å². The lowest BCUT2D eigenvalue weighted by Gasteiger charge is -2.10. The van der Waals surface area contributed by atoms with Gasteiger partial charge in [-0.05, 0) is 71.3 Å². The van der Waals surface area contributed by atoms with Gasteiger partial charge in [-0.25, -0.2) is 4.85 Å². The highest BCUT2D eigenvalue weighted by Crippen LogP contribution is 2.39. The van der Waals surface area contributed by atoms with Crippen LogP contribution in [0.5, 0.6) is 11.5 Å². The molecular weight excluding hydrogens is 422 g/mol. The molecule has 0 aromatic heterocycles. The van der Waals surface area contributed by atoms with Gasteiger partial charge in [0.15, 0.2) is 5.69 Å². The van der Waals surface area contributed by atoms with Crippen molar-refractivity contribution in [2.45, 2.75) is 57.7 Å². The zero-order valence-electron chi connectivity index (χ0n) is 19.6. The van der Waals surface area contributed by atoms with Crippen molar-refractivity contribution in [3.8, 4) is 22.6 Å². The molecule has 0 saturated carbocycles. The molecule has 3 aromatic rings. The van der Waals surface area contributed by atoms with Crippen LogP contribution in [0.25, 0.3) is 16.0 Å². The molecule has 174 valence electrons. The molecule has 1 aliphatic carbocycles. The van der Waals surface area contributed by atoms with E-state index in [1.54, 1.807) is 0 Å². The van der Waals surface area contributed by atoms with Gasteiger partial charge in [0.05, 0.1) is 25.9 Å². The molecule has 0 amide bonds. The first-order valence-corrected chi connectivity index (χ1v) is 12.4. The average Bonchev–Trinajstić information content (AvgIpc) is 3.63. The zero-order valence-corrected chi connectivity index (χ0v) is 19.6. The highest BCUT2D eigenvalue weighted by atomic mass is 16.6. The Balaban J connectivity index is 1.04. The fraction of sp³-hybridized carbons (Fsp3) is 0.367. The zero-order chi connectivity index (χ0) is 23.2. The van der Waals surface area contributed by atoms with Crippen LogP contribution in [-0.2, 0) is 17.8 Å². The Morgan fingerprint density at radius 3 is 2.24 bits per heavy atom. The van der Waals surface area contributed by atoms with Gasteiger partial charge < -0.3 is 14.2 Å². The Morgan fingerprint density at radius 2 is 1.47 bits per heavy atom. The van der Waals surface area contributed by atoms with Crippen molar-refractivity contribution in [2.75, 3.05) is 13.2 Å². The normalized spacial score (nSPS) is 15.3. The van der Waals surface area contributed by atoms with Crippen molar-refractivity contribution >= 4 is 5.69 Å². The van der Waals surface area contributed by atoms with E-state index in [0.717, 1.165) is 43.1 Å². The van der Waals surface area contributed by atoms with Gasteiger partial charge in [0.25, 0.3) is 0 Å². The SMILES string of the molecule is [C-]#[N+]c1ccc2c(c1)Cc1cc(COc3ccc(OCCCCCCCC4CO4)cc3)ccc1-2. The standard InChI is InChI=1S/C30H31NO3/c1-31-25-9-15-30-24(19-25)18-23-17-22(8-14-29(23)30)20-33-27-12-10-26(11-13-27)32-16-6-4-2-3-5-7-28-21-34-28/h8-15,17,19,28H,2-7,16,18,20-21H2. The number of nitrogens with zero attached hydrogens (tertiary/aromatic N) is 1. The summed E-state index contributed by atoms with van der Waals surface area (Å²) in [6.07, 6.45) is 8.86. The first-order chi connectivity index (χ1) is 16.8. The summed E-state index contributed by atoms with van der Waals surface area (Å²) >= 11 is 0. The Kier molecular flexibility index (Phi) is 7.12. The molecule has 0 radical (unpaired) electrons. The summed E-state index contributed by atoms with van der Waals surface area (Å²) in [5.74, 6) is 1.74. The highest BCUT2D eigenvalue weighted by molar-refractivity contribution is 5.79. The summed E-state index contributed by atoms with van der Waals surface area (Å²) in [5, 5.41) is 0. The first kappa shape index (κ1) is 22.5. The minimum absolute atomic E-state index is 0.532. The molecule has 1 atom stereocenters. The van der Waals surface area contributed by atoms with E-state index < -0.39 is 0 Å². The van der Waals surface area contributed by atoms with Crippen LogP contribution in [0.1, 0.15) is 55.2 Å². The minimum atomic E-state index is 0.532. The van der Waals surface area contributed by atoms with Crippen LogP contribution in [-0.4, -0.2) is 19.3 Å². The Labute approximate surface area is 202 Å². The quantitative estimate of drug-likeness (QED) is 0.126. The molecule has 1 fully saturated rings. The molecule has 0 N–H and O–H groups in total. The average molecular weight is 454 g/mol. The van der Waals surface area contributed by atoms with Gasteiger partial charge >= 0.3 is 0 Å². The van der Waals surface area contributed by atoms with Crippen LogP contribution < -0.4 is 9.47 Å². The summed E-state index contributed by atoms with van der Waals surface area (Å²) in [5.41, 5.74) is 6.91. The maximum absolute atomic E-state index is 7.23. The predicted octanol–water partition coefficient (Wildman–Crippen LogP) is 7.51. The number of epoxide rings is 1. The Bertz CT molecular complexity index is 1160. The number of hydrogen-bond acceptors (Lipinski definition) is 3. The van der Waals surface area contributed by atoms with Crippen molar-refractivity contribution in [1.82, 2.24) is 0 Å². The third-order valence-electron chi connectivity index (χ3n) is 6.63. The fourth-order valence-corrected chi connectivity index (χ4v) is 4.64. The number of unbranched alkanes of at least 4 members (excludes halogenated alkanes) is 4. The van der Waals surface area contributed by atoms with E-state index in [-0.39, 0.29) is 0 Å². The molecule has 0 bridgehead atoms. The van der Waals surface area contributed by atoms with E-state index >= 15 is 0 Å². The molecule has 1 unspecified atom stereocenters. The molecule has 1 aliphatic heterocycles. The smallest absolute Gasteiger partial charge is 0.187 e. The lowest BCUT2D eigenvalue weighted by atomic mass is 10.0. The Hall–Kier alpha value is -3.29. The largest absolute Gasteiger partial charge is 0.494 e. The monoisotopic (exact) mass is 453 g/mol. The molecule has 4 nitrogen and oxygen atoms in total. The molecule has 5 rings (SSSR count). The second-order valence-electron chi connectivity index (χ2n) is 9.24. The van der Waals surface area contributed by atoms with Crippen LogP contribution in [0.4, 0.5) is 5.69 Å². The molecular formula is C30H31NO3. The first-order valence-electron chi connectivity index (χ1n) is 12.4. The van der Waals surface area contributed by atoms with Crippen molar-refractivity contribution in [1.29, 1.82) is 0 Å². The third kappa shape index (κ3) is 5.79. The highest BCUT2D eigenvalue weighted by Gasteiger charge is 2.21. The summed E-state index contributed by atoms with van der Waals surface area (Å²) < 4.78 is 17.1. The van der Waals surface area contributed by atoms with Crippen molar-refractivity contribution in [2.24, 2.45) is 0 Å². The maximum atomic E-state index is 7.23. The lowest BCUT2D eigenvalue weighted by molar-refractivity contribution is 0.296. The van der Waals surface area contributed by atoms with Crippen LogP contribution in [0.15, 0.2) is 60.7 Å². The van der Waals surface area contributed by atoms with Gasteiger partial charge in [0.1, 0.15) is 18.1 Å². The molecule has 3 aromatic carbocycles. The molecule has 1 saturated heterocycles. The van der Waals surface area contributed by atoms with Crippen molar-refractivity contribution in [3.05, 3.63) is 88.8 Å². The fourth-order valence-electron chi connectivity index (χ4n) is 4.64. The Morgan fingerprint density at radius 1 is 0.794 bits per heavy atom. The van der Waals surface area contributed by atoms with E-state index in [2.05, 4.69) is 29.1 Å². The summed E-state index contributed by atoms with van der Waals surface area (Å²) in [4.78, 5) is 3.56. The minimum Gasteiger partial charge on any atom is -0.494 e. The second-order valence-corrected chi connectivity index (χ2v) is 9.24. The number of benzene rings is 3. The van der Waals surface area contributed by atoms with E-state index in [9.17, 15) is 0 Å². The summed E-state index contributed by atoms with van der Waals surface area (Å²) in [7, 11) is 0. The van der Waals surface area contributed by atoms with Crippen LogP contribution in [0.2, 0.25) is 0 Å². The van der Waals surface area contributed by atoms with Crippen LogP contribution in [0, 0.1) is 6.57 Å². The summed E-state index contributed by atoms with van der Waals surface area (Å²) in [6, 6.07) is 20.4. The van der Waals surface area contributed by atoms with Gasteiger partial charge in [-0.1, -0.05) is 62.1 Å². The number of fused-ring (bicyclic) bond motifs is 3. The van der Waals surface area contributed by atoms with Gasteiger partial charge in [-0.2, -0.15) is 0 Å². The molecule has 2 aliphatic rings. The molecule has 4 heteroatoms. The molecule has 1 heterocycles. The second kappa shape index (κ2) is 10.8. The van der Waals surface area contributed by atoms with E-state index in [0.29, 0.717) is 18.4 Å². The van der Waals surface area contributed by atoms with Gasteiger partial charge in [-0.15, -0.1) is 0 Å². The van der Waals surface area contributed by atoms with Crippen molar-refractivity contribution < 1.29 is 14.2 Å². The lowest BCUT2D eigenvalue weighted by Crippen LogP contribution is -1.98. The number of hydrogen-bond donors (Lipinski definition) is 0. The van der Waals surface area contributed by atoms with Gasteiger partial charge in [0.2, 0.25) is 0 Å². The molecule has 0 spiro atoms. The van der Waals surface area contributed by atoms with Crippen LogP contribution in [0.3, 0.4) is 0 Å². The van der Waals surface area contributed by atoms with E-state index in [1.807, 2.05) is 36.4 Å². The van der Waals surface area contributed by atoms with E-state index in [1.165, 1.54) is 54.4 Å². The maximum Gasteiger partial charge on any atom is 0.187 e. The molecule has 34 heavy (non-hydrogen) atoms. The number of ether oxygens (including phenoxy) is 3. The summed E-state index contributed by atoms with van der Waals surface area (Å²) in [6.45, 7) is 9.51.